The quantitative estimate of drug-likeness (QED) is 0.554. The van der Waals surface area contributed by atoms with Crippen LogP contribution in [-0.4, -0.2) is 25.8 Å². The zero-order valence-electron chi connectivity index (χ0n) is 8.01. The number of rotatable bonds is 2. The van der Waals surface area contributed by atoms with Crippen molar-refractivity contribution in [3.63, 3.8) is 0 Å². The van der Waals surface area contributed by atoms with Gasteiger partial charge in [0.1, 0.15) is 23.0 Å². The molecule has 0 amide bonds. The monoisotopic (exact) mass is 206 g/mol. The summed E-state index contributed by atoms with van der Waals surface area (Å²) in [5.74, 6) is 1.79. The molecule has 14 heavy (non-hydrogen) atoms. The van der Waals surface area contributed by atoms with E-state index in [4.69, 9.17) is 0 Å². The molecule has 0 aliphatic carbocycles. The Labute approximate surface area is 86.4 Å². The van der Waals surface area contributed by atoms with Gasteiger partial charge in [-0.1, -0.05) is 0 Å². The molecule has 0 N–H and O–H groups in total. The van der Waals surface area contributed by atoms with Crippen LogP contribution in [0.2, 0.25) is 0 Å². The Balaban J connectivity index is 2.47. The maximum atomic E-state index is 4.19. The van der Waals surface area contributed by atoms with Crippen molar-refractivity contribution < 1.29 is 0 Å². The zero-order valence-corrected chi connectivity index (χ0v) is 8.82. The first-order valence-corrected chi connectivity index (χ1v) is 5.40. The number of hydrogen-bond donors (Lipinski definition) is 0. The lowest BCUT2D eigenvalue weighted by molar-refractivity contribution is 0.897. The minimum atomic E-state index is 0.861. The molecule has 2 aromatic heterocycles. The molecule has 0 fully saturated rings. The van der Waals surface area contributed by atoms with Crippen LogP contribution in [0.25, 0.3) is 5.82 Å². The Morgan fingerprint density at radius 1 is 1.29 bits per heavy atom. The fourth-order valence-electron chi connectivity index (χ4n) is 1.19. The van der Waals surface area contributed by atoms with Crippen molar-refractivity contribution in [3.05, 3.63) is 30.6 Å². The van der Waals surface area contributed by atoms with E-state index in [1.54, 1.807) is 24.3 Å². The highest BCUT2D eigenvalue weighted by molar-refractivity contribution is 7.98. The lowest BCUT2D eigenvalue weighted by atomic mass is 10.5. The molecule has 0 spiro atoms. The first-order chi connectivity index (χ1) is 6.81. The van der Waals surface area contributed by atoms with Crippen LogP contribution in [0.5, 0.6) is 0 Å². The van der Waals surface area contributed by atoms with Gasteiger partial charge in [0.2, 0.25) is 0 Å². The first kappa shape index (κ1) is 9.21. The highest BCUT2D eigenvalue weighted by Crippen LogP contribution is 2.14. The Morgan fingerprint density at radius 3 is 2.79 bits per heavy atom. The molecule has 0 saturated carbocycles. The second-order valence-corrected chi connectivity index (χ2v) is 3.59. The molecule has 2 heterocycles. The van der Waals surface area contributed by atoms with Gasteiger partial charge in [-0.25, -0.2) is 15.0 Å². The third-order valence-corrected chi connectivity index (χ3v) is 2.55. The van der Waals surface area contributed by atoms with Crippen LogP contribution < -0.4 is 0 Å². The van der Waals surface area contributed by atoms with E-state index in [-0.39, 0.29) is 0 Å². The molecular weight excluding hydrogens is 196 g/mol. The molecule has 72 valence electrons. The Kier molecular flexibility index (Phi) is 2.49. The van der Waals surface area contributed by atoms with Crippen LogP contribution >= 0.6 is 11.8 Å². The van der Waals surface area contributed by atoms with Gasteiger partial charge >= 0.3 is 0 Å². The lowest BCUT2D eigenvalue weighted by Gasteiger charge is -2.03. The smallest absolute Gasteiger partial charge is 0.142 e. The van der Waals surface area contributed by atoms with E-state index in [0.717, 1.165) is 16.7 Å². The van der Waals surface area contributed by atoms with Gasteiger partial charge in [-0.05, 0) is 13.2 Å². The number of nitrogens with zero attached hydrogens (tertiary/aromatic N) is 4. The van der Waals surface area contributed by atoms with Crippen LogP contribution in [0.3, 0.4) is 0 Å². The molecule has 5 heteroatoms. The normalized spacial score (nSPS) is 10.4. The van der Waals surface area contributed by atoms with E-state index >= 15 is 0 Å². The Morgan fingerprint density at radius 2 is 2.14 bits per heavy atom. The van der Waals surface area contributed by atoms with Crippen molar-refractivity contribution in [3.8, 4) is 5.82 Å². The van der Waals surface area contributed by atoms with E-state index in [1.165, 1.54) is 0 Å². The average molecular weight is 206 g/mol. The van der Waals surface area contributed by atoms with E-state index in [1.807, 2.05) is 30.0 Å². The van der Waals surface area contributed by atoms with E-state index in [2.05, 4.69) is 15.0 Å². The fraction of sp³-hybridized carbons (Fsp3) is 0.222. The predicted molar refractivity (Wildman–Crippen MR) is 55.7 cm³/mol. The Hall–Kier alpha value is -1.36. The van der Waals surface area contributed by atoms with Gasteiger partial charge in [0, 0.05) is 18.5 Å². The molecule has 0 aliphatic heterocycles. The molecule has 0 unspecified atom stereocenters. The third-order valence-electron chi connectivity index (χ3n) is 1.91. The third kappa shape index (κ3) is 1.63. The molecule has 0 radical (unpaired) electrons. The number of aryl methyl sites for hydroxylation is 1. The van der Waals surface area contributed by atoms with E-state index < -0.39 is 0 Å². The molecule has 2 rings (SSSR count). The summed E-state index contributed by atoms with van der Waals surface area (Å²) in [5.41, 5.74) is 0. The fourth-order valence-corrected chi connectivity index (χ4v) is 1.57. The largest absolute Gasteiger partial charge is 0.288 e. The summed E-state index contributed by atoms with van der Waals surface area (Å²) in [6.07, 6.45) is 7.21. The van der Waals surface area contributed by atoms with Crippen molar-refractivity contribution in [2.24, 2.45) is 0 Å². The molecule has 0 aliphatic rings. The van der Waals surface area contributed by atoms with Crippen LogP contribution in [0.15, 0.2) is 29.8 Å². The summed E-state index contributed by atoms with van der Waals surface area (Å²) in [5, 5.41) is 0.961. The van der Waals surface area contributed by atoms with Crippen molar-refractivity contribution in [1.82, 2.24) is 19.5 Å². The molecule has 0 saturated heterocycles. The summed E-state index contributed by atoms with van der Waals surface area (Å²) in [6, 6.07) is 1.94. The number of hydrogen-bond acceptors (Lipinski definition) is 4. The Bertz CT molecular complexity index is 438. The van der Waals surface area contributed by atoms with Crippen LogP contribution in [-0.2, 0) is 0 Å². The maximum absolute atomic E-state index is 4.19. The minimum absolute atomic E-state index is 0.861. The van der Waals surface area contributed by atoms with Crippen LogP contribution in [0, 0.1) is 6.92 Å². The van der Waals surface area contributed by atoms with Gasteiger partial charge in [-0.3, -0.25) is 4.57 Å². The standard InChI is InChI=1S/C9H10N4S/c1-7-10-3-4-13(7)8-5-9(14-2)12-6-11-8/h3-6H,1-2H3. The minimum Gasteiger partial charge on any atom is -0.288 e. The van der Waals surface area contributed by atoms with Crippen molar-refractivity contribution in [2.45, 2.75) is 11.9 Å². The predicted octanol–water partition coefficient (Wildman–Crippen LogP) is 1.69. The highest BCUT2D eigenvalue weighted by atomic mass is 32.2. The molecule has 4 nitrogen and oxygen atoms in total. The first-order valence-electron chi connectivity index (χ1n) is 4.17. The van der Waals surface area contributed by atoms with Gasteiger partial charge in [0.15, 0.2) is 0 Å². The van der Waals surface area contributed by atoms with Gasteiger partial charge in [-0.2, -0.15) is 0 Å². The maximum Gasteiger partial charge on any atom is 0.142 e. The van der Waals surface area contributed by atoms with Crippen LogP contribution in [0.1, 0.15) is 5.82 Å². The molecule has 2 aromatic rings. The number of aromatic nitrogens is 4. The summed E-state index contributed by atoms with van der Waals surface area (Å²) in [4.78, 5) is 12.4. The molecule has 0 atom stereocenters. The van der Waals surface area contributed by atoms with Gasteiger partial charge < -0.3 is 0 Å². The topological polar surface area (TPSA) is 43.6 Å². The van der Waals surface area contributed by atoms with E-state index in [0.29, 0.717) is 0 Å². The van der Waals surface area contributed by atoms with Crippen LogP contribution in [0.4, 0.5) is 0 Å². The second-order valence-electron chi connectivity index (χ2n) is 2.76. The molecule has 0 aromatic carbocycles. The summed E-state index contributed by atoms with van der Waals surface area (Å²) in [7, 11) is 0. The zero-order chi connectivity index (χ0) is 9.97. The van der Waals surface area contributed by atoms with Gasteiger partial charge in [0.25, 0.3) is 0 Å². The summed E-state index contributed by atoms with van der Waals surface area (Å²) < 4.78 is 1.93. The summed E-state index contributed by atoms with van der Waals surface area (Å²) >= 11 is 1.60. The molecular formula is C9H10N4S. The van der Waals surface area contributed by atoms with Crippen molar-refractivity contribution in [1.29, 1.82) is 0 Å². The number of thioether (sulfide) groups is 1. The van der Waals surface area contributed by atoms with Crippen molar-refractivity contribution in [2.75, 3.05) is 6.26 Å². The van der Waals surface area contributed by atoms with Crippen molar-refractivity contribution >= 4 is 11.8 Å². The second kappa shape index (κ2) is 3.79. The summed E-state index contributed by atoms with van der Waals surface area (Å²) in [6.45, 7) is 1.95. The number of imidazole rings is 1. The highest BCUT2D eigenvalue weighted by Gasteiger charge is 2.02. The SMILES string of the molecule is CSc1cc(-n2ccnc2C)ncn1. The lowest BCUT2D eigenvalue weighted by Crippen LogP contribution is -1.99. The van der Waals surface area contributed by atoms with E-state index in [9.17, 15) is 0 Å². The molecule has 0 bridgehead atoms. The van der Waals surface area contributed by atoms with Gasteiger partial charge in [-0.15, -0.1) is 11.8 Å². The van der Waals surface area contributed by atoms with Gasteiger partial charge in [0.05, 0.1) is 0 Å². The average Bonchev–Trinajstić information content (AvgIpc) is 2.65.